The van der Waals surface area contributed by atoms with Gasteiger partial charge in [0.2, 0.25) is 12.5 Å². The summed E-state index contributed by atoms with van der Waals surface area (Å²) in [5.41, 5.74) is 3.27. The van der Waals surface area contributed by atoms with Crippen LogP contribution in [0.25, 0.3) is 0 Å². The van der Waals surface area contributed by atoms with Crippen LogP contribution in [0.2, 0.25) is 0 Å². The smallest absolute Gasteiger partial charge is 0.231 e. The van der Waals surface area contributed by atoms with E-state index in [4.69, 9.17) is 32.7 Å². The summed E-state index contributed by atoms with van der Waals surface area (Å²) in [5, 5.41) is 14.3. The fourth-order valence-corrected chi connectivity index (χ4v) is 6.44. The largest absolute Gasteiger partial charge is 0.502 e. The fourth-order valence-electron chi connectivity index (χ4n) is 5.22. The Labute approximate surface area is 220 Å². The summed E-state index contributed by atoms with van der Waals surface area (Å²) in [5.74, 6) is 2.41. The summed E-state index contributed by atoms with van der Waals surface area (Å²) in [7, 11) is 3.88. The molecule has 37 heavy (non-hydrogen) atoms. The van der Waals surface area contributed by atoms with Crippen molar-refractivity contribution in [3.8, 4) is 28.7 Å². The second kappa shape index (κ2) is 13.0. The predicted molar refractivity (Wildman–Crippen MR) is 141 cm³/mol. The Morgan fingerprint density at radius 3 is 2.14 bits per heavy atom. The molecule has 0 fully saturated rings. The molecular weight excluding hydrogens is 497 g/mol. The van der Waals surface area contributed by atoms with Crippen molar-refractivity contribution in [2.24, 2.45) is 5.92 Å². The van der Waals surface area contributed by atoms with E-state index in [-0.39, 0.29) is 30.4 Å². The molecule has 204 valence electrons. The van der Waals surface area contributed by atoms with Crippen LogP contribution in [0.15, 0.2) is 24.3 Å². The number of phenols is 1. The Balaban J connectivity index is 1.71. The summed E-state index contributed by atoms with van der Waals surface area (Å²) < 4.78 is 39.7. The maximum atomic E-state index is 10.5. The van der Waals surface area contributed by atoms with E-state index in [1.807, 2.05) is 26.0 Å². The average molecular weight is 536 g/mol. The molecule has 4 rings (SSSR count). The molecule has 1 aliphatic carbocycles. The molecule has 1 heterocycles. The Morgan fingerprint density at radius 2 is 1.57 bits per heavy atom. The van der Waals surface area contributed by atoms with Gasteiger partial charge in [-0.05, 0) is 61.2 Å². The zero-order valence-electron chi connectivity index (χ0n) is 22.2. The number of hydrogen-bond acceptors (Lipinski definition) is 9. The van der Waals surface area contributed by atoms with Crippen molar-refractivity contribution in [1.29, 1.82) is 0 Å². The fraction of sp³-hybridized carbons (Fsp3) is 0.556. The third-order valence-corrected chi connectivity index (χ3v) is 8.47. The molecule has 0 bridgehead atoms. The number of nitrogens with one attached hydrogen (secondary N) is 1. The van der Waals surface area contributed by atoms with Gasteiger partial charge in [0.05, 0.1) is 34.0 Å². The van der Waals surface area contributed by atoms with Crippen LogP contribution in [0.5, 0.6) is 28.7 Å². The van der Waals surface area contributed by atoms with Crippen molar-refractivity contribution >= 4 is 8.38 Å². The molecule has 0 aromatic heterocycles. The minimum Gasteiger partial charge on any atom is -0.502 e. The first-order chi connectivity index (χ1) is 18.0. The molecule has 2 aliphatic rings. The zero-order chi connectivity index (χ0) is 26.4. The topological polar surface area (TPSA) is 96.9 Å². The molecule has 10 heteroatoms. The van der Waals surface area contributed by atoms with E-state index in [2.05, 4.69) is 17.4 Å². The van der Waals surface area contributed by atoms with Crippen LogP contribution >= 0.6 is 8.38 Å². The van der Waals surface area contributed by atoms with Gasteiger partial charge >= 0.3 is 0 Å². The number of hydrogen-bond donors (Lipinski definition) is 2. The summed E-state index contributed by atoms with van der Waals surface area (Å²) in [6.45, 7) is 6.78. The number of phenolic OH excluding ortho intramolecular Hbond substituents is 1. The first-order valence-electron chi connectivity index (χ1n) is 12.7. The van der Waals surface area contributed by atoms with Gasteiger partial charge in [-0.25, -0.2) is 0 Å². The normalized spacial score (nSPS) is 20.2. The molecule has 2 unspecified atom stereocenters. The Bertz CT molecular complexity index is 1020. The lowest BCUT2D eigenvalue weighted by Gasteiger charge is -2.39. The van der Waals surface area contributed by atoms with E-state index in [9.17, 15) is 5.11 Å². The SMILES string of the molecule is CCOP(CCNC1c2cc3c(cc2[C@@H](c2cc(OC)c(O)c(OC)c2)CC1COC)OCO3)OCC. The second-order valence-electron chi connectivity index (χ2n) is 8.94. The van der Waals surface area contributed by atoms with Gasteiger partial charge in [-0.1, -0.05) is 0 Å². The van der Waals surface area contributed by atoms with Crippen molar-refractivity contribution in [3.63, 3.8) is 0 Å². The van der Waals surface area contributed by atoms with E-state index in [0.29, 0.717) is 31.3 Å². The monoisotopic (exact) mass is 535 g/mol. The minimum absolute atomic E-state index is 0.00933. The Kier molecular flexibility index (Phi) is 9.73. The highest BCUT2D eigenvalue weighted by Crippen LogP contribution is 2.51. The van der Waals surface area contributed by atoms with E-state index in [0.717, 1.165) is 47.3 Å². The highest BCUT2D eigenvalue weighted by molar-refractivity contribution is 7.47. The number of ether oxygens (including phenoxy) is 5. The summed E-state index contributed by atoms with van der Waals surface area (Å²) >= 11 is 0. The predicted octanol–water partition coefficient (Wildman–Crippen LogP) is 4.95. The lowest BCUT2D eigenvalue weighted by Crippen LogP contribution is -2.37. The molecule has 0 saturated heterocycles. The van der Waals surface area contributed by atoms with E-state index >= 15 is 0 Å². The standard InChI is InChI=1S/C27H38NO8P/c1-6-35-37(36-7-2)9-8-28-26-18(15-30-3)10-19(17-11-24(31-4)27(29)25(12-17)32-5)20-13-22-23(14-21(20)26)34-16-33-22/h11-14,18-19,26,28-29H,6-10,15-16H2,1-5H3/t18?,19-,26?/m1/s1. The van der Waals surface area contributed by atoms with Crippen molar-refractivity contribution < 1.29 is 37.8 Å². The average Bonchev–Trinajstić information content (AvgIpc) is 3.36. The van der Waals surface area contributed by atoms with Gasteiger partial charge in [-0.15, -0.1) is 0 Å². The quantitative estimate of drug-likeness (QED) is 0.345. The lowest BCUT2D eigenvalue weighted by atomic mass is 9.71. The molecule has 2 N–H and O–H groups in total. The van der Waals surface area contributed by atoms with Crippen molar-refractivity contribution in [2.75, 3.05) is 60.6 Å². The lowest BCUT2D eigenvalue weighted by molar-refractivity contribution is 0.117. The van der Waals surface area contributed by atoms with Gasteiger partial charge in [0.1, 0.15) is 0 Å². The third-order valence-electron chi connectivity index (χ3n) is 6.79. The summed E-state index contributed by atoms with van der Waals surface area (Å²) in [4.78, 5) is 0. The molecular formula is C27H38NO8P. The van der Waals surface area contributed by atoms with Gasteiger partial charge in [0.25, 0.3) is 0 Å². The molecule has 9 nitrogen and oxygen atoms in total. The summed E-state index contributed by atoms with van der Waals surface area (Å²) in [6.07, 6.45) is 1.61. The van der Waals surface area contributed by atoms with Crippen LogP contribution in [-0.2, 0) is 13.8 Å². The molecule has 0 radical (unpaired) electrons. The number of rotatable bonds is 13. The first kappa shape index (κ1) is 27.7. The molecule has 0 spiro atoms. The number of benzene rings is 2. The van der Waals surface area contributed by atoms with Crippen LogP contribution in [0.4, 0.5) is 0 Å². The Hall–Kier alpha value is -2.29. The maximum Gasteiger partial charge on any atom is 0.231 e. The molecule has 2 aromatic rings. The minimum atomic E-state index is -0.931. The van der Waals surface area contributed by atoms with Gasteiger partial charge in [0, 0.05) is 37.7 Å². The first-order valence-corrected chi connectivity index (χ1v) is 14.0. The van der Waals surface area contributed by atoms with Crippen LogP contribution in [0.1, 0.15) is 48.9 Å². The second-order valence-corrected chi connectivity index (χ2v) is 10.6. The van der Waals surface area contributed by atoms with Crippen LogP contribution < -0.4 is 24.3 Å². The van der Waals surface area contributed by atoms with Gasteiger partial charge < -0.3 is 43.2 Å². The number of methoxy groups -OCH3 is 3. The molecule has 1 aliphatic heterocycles. The van der Waals surface area contributed by atoms with Gasteiger partial charge in [-0.2, -0.15) is 0 Å². The van der Waals surface area contributed by atoms with E-state index < -0.39 is 8.38 Å². The molecule has 3 atom stereocenters. The highest BCUT2D eigenvalue weighted by Gasteiger charge is 2.38. The van der Waals surface area contributed by atoms with Gasteiger partial charge in [0.15, 0.2) is 31.4 Å². The molecule has 0 amide bonds. The van der Waals surface area contributed by atoms with Crippen molar-refractivity contribution in [2.45, 2.75) is 32.2 Å². The van der Waals surface area contributed by atoms with Crippen LogP contribution in [-0.4, -0.2) is 65.8 Å². The number of aromatic hydroxyl groups is 1. The van der Waals surface area contributed by atoms with E-state index in [1.54, 1.807) is 7.11 Å². The van der Waals surface area contributed by atoms with Crippen molar-refractivity contribution in [1.82, 2.24) is 5.32 Å². The van der Waals surface area contributed by atoms with Gasteiger partial charge in [-0.3, -0.25) is 0 Å². The molecule has 2 aromatic carbocycles. The summed E-state index contributed by atoms with van der Waals surface area (Å²) in [6, 6.07) is 7.98. The van der Waals surface area contributed by atoms with Crippen molar-refractivity contribution in [3.05, 3.63) is 41.0 Å². The Morgan fingerprint density at radius 1 is 0.946 bits per heavy atom. The third kappa shape index (κ3) is 6.07. The highest BCUT2D eigenvalue weighted by atomic mass is 31.2. The number of fused-ring (bicyclic) bond motifs is 2. The van der Waals surface area contributed by atoms with E-state index in [1.165, 1.54) is 14.2 Å². The van der Waals surface area contributed by atoms with Crippen LogP contribution in [0.3, 0.4) is 0 Å². The van der Waals surface area contributed by atoms with Crippen LogP contribution in [0, 0.1) is 5.92 Å². The maximum absolute atomic E-state index is 10.5. The molecule has 0 saturated carbocycles. The zero-order valence-corrected chi connectivity index (χ0v) is 23.1.